The minimum Gasteiger partial charge on any atom is -0.468 e. The van der Waals surface area contributed by atoms with Crippen LogP contribution in [-0.2, 0) is 14.3 Å². The van der Waals surface area contributed by atoms with Crippen molar-refractivity contribution in [1.29, 1.82) is 0 Å². The zero-order chi connectivity index (χ0) is 21.5. The molecule has 1 atom stereocenters. The number of halogens is 1. The first-order valence-electron chi connectivity index (χ1n) is 10.0. The molecule has 1 aliphatic carbocycles. The van der Waals surface area contributed by atoms with E-state index in [1.165, 1.54) is 7.11 Å². The summed E-state index contributed by atoms with van der Waals surface area (Å²) in [6.07, 6.45) is 1.21. The van der Waals surface area contributed by atoms with Gasteiger partial charge < -0.3 is 15.0 Å². The Morgan fingerprint density at radius 2 is 1.87 bits per heavy atom. The average molecular weight is 425 g/mol. The summed E-state index contributed by atoms with van der Waals surface area (Å²) >= 11 is 6.13. The first-order valence-corrected chi connectivity index (χ1v) is 10.4. The molecule has 1 aliphatic heterocycles. The van der Waals surface area contributed by atoms with E-state index in [-0.39, 0.29) is 23.7 Å². The van der Waals surface area contributed by atoms with E-state index in [4.69, 9.17) is 16.3 Å². The topological polar surface area (TPSA) is 58.6 Å². The summed E-state index contributed by atoms with van der Waals surface area (Å²) in [5.41, 5.74) is 4.11. The standard InChI is InChI=1S/C24H25ClN2O3/c1-24(2)12-18-22(20(28)13-24)23(15-8-10-16(25)11-9-15)27(14-21(29)30-3)19-7-5-4-6-17(19)26-18/h4-11,23,26H,12-14H2,1-3H3/t23-/m0/s1. The Balaban J connectivity index is 1.96. The molecule has 4 rings (SSSR count). The highest BCUT2D eigenvalue weighted by Crippen LogP contribution is 2.48. The Hall–Kier alpha value is -2.79. The van der Waals surface area contributed by atoms with Crippen molar-refractivity contribution in [3.05, 3.63) is 70.4 Å². The average Bonchev–Trinajstić information content (AvgIpc) is 2.82. The molecule has 1 N–H and O–H groups in total. The molecule has 6 heteroatoms. The molecule has 0 aromatic heterocycles. The molecule has 2 aromatic carbocycles. The third kappa shape index (κ3) is 3.82. The van der Waals surface area contributed by atoms with Crippen molar-refractivity contribution in [3.63, 3.8) is 0 Å². The van der Waals surface area contributed by atoms with Crippen molar-refractivity contribution < 1.29 is 14.3 Å². The molecule has 2 aliphatic rings. The Morgan fingerprint density at radius 3 is 2.57 bits per heavy atom. The number of nitrogens with zero attached hydrogens (tertiary/aromatic N) is 1. The summed E-state index contributed by atoms with van der Waals surface area (Å²) in [7, 11) is 1.38. The number of carbonyl (C=O) groups is 2. The summed E-state index contributed by atoms with van der Waals surface area (Å²) in [6, 6.07) is 14.9. The van der Waals surface area contributed by atoms with Crippen LogP contribution in [0.2, 0.25) is 5.02 Å². The monoisotopic (exact) mass is 424 g/mol. The number of para-hydroxylation sites is 2. The van der Waals surface area contributed by atoms with Gasteiger partial charge in [-0.3, -0.25) is 9.59 Å². The summed E-state index contributed by atoms with van der Waals surface area (Å²) in [4.78, 5) is 27.8. The van der Waals surface area contributed by atoms with Gasteiger partial charge in [0.1, 0.15) is 6.54 Å². The molecule has 0 saturated heterocycles. The highest BCUT2D eigenvalue weighted by molar-refractivity contribution is 6.30. The SMILES string of the molecule is COC(=O)CN1c2ccccc2NC2=C(C(=O)CC(C)(C)C2)[C@@H]1c1ccc(Cl)cc1. The number of methoxy groups -OCH3 is 1. The van der Waals surface area contributed by atoms with E-state index in [0.29, 0.717) is 17.0 Å². The van der Waals surface area contributed by atoms with Crippen LogP contribution >= 0.6 is 11.6 Å². The van der Waals surface area contributed by atoms with Crippen LogP contribution in [0.1, 0.15) is 38.3 Å². The number of fused-ring (bicyclic) bond motifs is 1. The van der Waals surface area contributed by atoms with E-state index in [2.05, 4.69) is 19.2 Å². The van der Waals surface area contributed by atoms with Crippen molar-refractivity contribution >= 4 is 34.7 Å². The zero-order valence-corrected chi connectivity index (χ0v) is 18.1. The number of ether oxygens (including phenoxy) is 1. The summed E-state index contributed by atoms with van der Waals surface area (Å²) in [6.45, 7) is 4.24. The molecule has 1 heterocycles. The lowest BCUT2D eigenvalue weighted by Gasteiger charge is -2.37. The van der Waals surface area contributed by atoms with Gasteiger partial charge >= 0.3 is 5.97 Å². The van der Waals surface area contributed by atoms with E-state index < -0.39 is 6.04 Å². The molecule has 0 spiro atoms. The largest absolute Gasteiger partial charge is 0.468 e. The quantitative estimate of drug-likeness (QED) is 0.692. The third-order valence-electron chi connectivity index (χ3n) is 5.72. The first-order chi connectivity index (χ1) is 14.3. The van der Waals surface area contributed by atoms with Gasteiger partial charge in [0, 0.05) is 22.7 Å². The van der Waals surface area contributed by atoms with Crippen LogP contribution in [0.5, 0.6) is 0 Å². The van der Waals surface area contributed by atoms with Gasteiger partial charge in [0.05, 0.1) is 24.5 Å². The predicted octanol–water partition coefficient (Wildman–Crippen LogP) is 5.13. The van der Waals surface area contributed by atoms with Crippen LogP contribution in [0, 0.1) is 5.41 Å². The van der Waals surface area contributed by atoms with Gasteiger partial charge in [-0.05, 0) is 41.7 Å². The second-order valence-corrected chi connectivity index (χ2v) is 9.07. The number of hydrogen-bond donors (Lipinski definition) is 1. The number of benzene rings is 2. The molecule has 0 fully saturated rings. The van der Waals surface area contributed by atoms with Gasteiger partial charge in [-0.1, -0.05) is 49.7 Å². The first kappa shape index (κ1) is 20.5. The zero-order valence-electron chi connectivity index (χ0n) is 17.4. The molecular weight excluding hydrogens is 400 g/mol. The number of nitrogens with one attached hydrogen (secondary N) is 1. The number of hydrogen-bond acceptors (Lipinski definition) is 5. The van der Waals surface area contributed by atoms with Crippen LogP contribution < -0.4 is 10.2 Å². The van der Waals surface area contributed by atoms with Gasteiger partial charge in [0.25, 0.3) is 0 Å². The van der Waals surface area contributed by atoms with E-state index in [0.717, 1.165) is 29.1 Å². The second-order valence-electron chi connectivity index (χ2n) is 8.63. The fourth-order valence-corrected chi connectivity index (χ4v) is 4.55. The normalized spacial score (nSPS) is 20.1. The Morgan fingerprint density at radius 1 is 1.17 bits per heavy atom. The number of allylic oxidation sites excluding steroid dienone is 1. The molecule has 0 unspecified atom stereocenters. The summed E-state index contributed by atoms with van der Waals surface area (Å²) in [5, 5.41) is 4.14. The lowest BCUT2D eigenvalue weighted by Crippen LogP contribution is -2.39. The van der Waals surface area contributed by atoms with E-state index in [1.54, 1.807) is 0 Å². The second kappa shape index (κ2) is 7.80. The minimum atomic E-state index is -0.420. The maximum atomic E-state index is 13.4. The van der Waals surface area contributed by atoms with Gasteiger partial charge in [-0.25, -0.2) is 0 Å². The molecule has 0 saturated carbocycles. The number of carbonyl (C=O) groups excluding carboxylic acids is 2. The third-order valence-corrected chi connectivity index (χ3v) is 5.97. The fourth-order valence-electron chi connectivity index (χ4n) is 4.42. The molecule has 156 valence electrons. The van der Waals surface area contributed by atoms with E-state index in [9.17, 15) is 9.59 Å². The van der Waals surface area contributed by atoms with Gasteiger partial charge in [-0.15, -0.1) is 0 Å². The van der Waals surface area contributed by atoms with Gasteiger partial charge in [-0.2, -0.15) is 0 Å². The lowest BCUT2D eigenvalue weighted by atomic mass is 9.73. The van der Waals surface area contributed by atoms with E-state index in [1.807, 2.05) is 53.4 Å². The highest BCUT2D eigenvalue weighted by Gasteiger charge is 2.41. The number of Topliss-reactive ketones (excluding diaryl/α,β-unsaturated/α-hetero) is 1. The van der Waals surface area contributed by atoms with Crippen LogP contribution in [0.15, 0.2) is 59.8 Å². The Kier molecular flexibility index (Phi) is 5.33. The maximum Gasteiger partial charge on any atom is 0.325 e. The van der Waals surface area contributed by atoms with Crippen molar-refractivity contribution in [2.45, 2.75) is 32.7 Å². The van der Waals surface area contributed by atoms with Crippen LogP contribution in [0.3, 0.4) is 0 Å². The predicted molar refractivity (Wildman–Crippen MR) is 119 cm³/mol. The smallest absolute Gasteiger partial charge is 0.325 e. The van der Waals surface area contributed by atoms with Crippen molar-refractivity contribution in [1.82, 2.24) is 0 Å². The number of anilines is 2. The van der Waals surface area contributed by atoms with Crippen LogP contribution in [0.25, 0.3) is 0 Å². The number of ketones is 1. The van der Waals surface area contributed by atoms with Gasteiger partial charge in [0.15, 0.2) is 5.78 Å². The van der Waals surface area contributed by atoms with E-state index >= 15 is 0 Å². The molecule has 2 aromatic rings. The number of esters is 1. The lowest BCUT2D eigenvalue weighted by molar-refractivity contribution is -0.139. The van der Waals surface area contributed by atoms with Crippen molar-refractivity contribution in [2.24, 2.45) is 5.41 Å². The maximum absolute atomic E-state index is 13.4. The Labute approximate surface area is 181 Å². The molecule has 0 amide bonds. The van der Waals surface area contributed by atoms with Gasteiger partial charge in [0.2, 0.25) is 0 Å². The molecule has 30 heavy (non-hydrogen) atoms. The molecule has 0 bridgehead atoms. The number of rotatable bonds is 3. The van der Waals surface area contributed by atoms with Crippen molar-refractivity contribution in [2.75, 3.05) is 23.9 Å². The summed E-state index contributed by atoms with van der Waals surface area (Å²) in [5.74, 6) is -0.271. The molecule has 5 nitrogen and oxygen atoms in total. The summed E-state index contributed by atoms with van der Waals surface area (Å²) < 4.78 is 4.98. The molecule has 0 radical (unpaired) electrons. The van der Waals surface area contributed by atoms with Crippen LogP contribution in [0.4, 0.5) is 11.4 Å². The molecular formula is C24H25ClN2O3. The van der Waals surface area contributed by atoms with Crippen molar-refractivity contribution in [3.8, 4) is 0 Å². The minimum absolute atomic E-state index is 0.0237. The van der Waals surface area contributed by atoms with Crippen LogP contribution in [-0.4, -0.2) is 25.4 Å². The highest BCUT2D eigenvalue weighted by atomic mass is 35.5. The fraction of sp³-hybridized carbons (Fsp3) is 0.333. The Bertz CT molecular complexity index is 1030.